The number of dihydropyridines is 1. The highest BCUT2D eigenvalue weighted by Crippen LogP contribution is 2.48. The van der Waals surface area contributed by atoms with Gasteiger partial charge in [0.05, 0.1) is 12.2 Å². The van der Waals surface area contributed by atoms with Crippen molar-refractivity contribution in [3.05, 3.63) is 45.3 Å². The summed E-state index contributed by atoms with van der Waals surface area (Å²) in [6.07, 6.45) is 4.85. The van der Waals surface area contributed by atoms with Gasteiger partial charge in [-0.15, -0.1) is 0 Å². The third-order valence-electron chi connectivity index (χ3n) is 5.78. The number of rotatable bonds is 6. The minimum Gasteiger partial charge on any atom is -0.462 e. The van der Waals surface area contributed by atoms with Crippen molar-refractivity contribution in [2.45, 2.75) is 58.3 Å². The van der Waals surface area contributed by atoms with Crippen LogP contribution in [0.15, 0.2) is 34.7 Å². The summed E-state index contributed by atoms with van der Waals surface area (Å²) >= 11 is 6.62. The molecule has 30 heavy (non-hydrogen) atoms. The van der Waals surface area contributed by atoms with Crippen LogP contribution in [0, 0.1) is 0 Å². The van der Waals surface area contributed by atoms with Gasteiger partial charge in [0.15, 0.2) is 17.3 Å². The standard InChI is InChI=1S/C23H26ClNO5/c1-3-4-5-9-28-23(27)20-13(2)25-16-7-6-8-17(26)22(16)21(20)14-10-18-19(11-15(14)24)30-12-29-18/h10-11,21,25H,3-9,12H2,1-2H3. The zero-order valence-corrected chi connectivity index (χ0v) is 18.1. The molecule has 0 aromatic heterocycles. The number of esters is 1. The van der Waals surface area contributed by atoms with Gasteiger partial charge in [-0.25, -0.2) is 4.79 Å². The van der Waals surface area contributed by atoms with Crippen LogP contribution < -0.4 is 14.8 Å². The number of fused-ring (bicyclic) bond motifs is 1. The zero-order valence-electron chi connectivity index (χ0n) is 17.3. The third-order valence-corrected chi connectivity index (χ3v) is 6.11. The van der Waals surface area contributed by atoms with Crippen molar-refractivity contribution in [1.29, 1.82) is 0 Å². The van der Waals surface area contributed by atoms with Crippen molar-refractivity contribution in [2.24, 2.45) is 0 Å². The minimum absolute atomic E-state index is 0.0336. The largest absolute Gasteiger partial charge is 0.462 e. The highest BCUT2D eigenvalue weighted by molar-refractivity contribution is 6.32. The molecule has 1 aliphatic carbocycles. The topological polar surface area (TPSA) is 73.9 Å². The molecule has 0 fully saturated rings. The zero-order chi connectivity index (χ0) is 21.3. The summed E-state index contributed by atoms with van der Waals surface area (Å²) in [5.74, 6) is 0.152. The number of hydrogen-bond donors (Lipinski definition) is 1. The van der Waals surface area contributed by atoms with Gasteiger partial charge in [-0.3, -0.25) is 4.79 Å². The molecular formula is C23H26ClNO5. The molecule has 1 N–H and O–H groups in total. The van der Waals surface area contributed by atoms with E-state index in [0.717, 1.165) is 37.8 Å². The van der Waals surface area contributed by atoms with Crippen LogP contribution in [0.3, 0.4) is 0 Å². The van der Waals surface area contributed by atoms with E-state index in [9.17, 15) is 9.59 Å². The third kappa shape index (κ3) is 3.81. The molecular weight excluding hydrogens is 406 g/mol. The van der Waals surface area contributed by atoms with Gasteiger partial charge in [-0.2, -0.15) is 0 Å². The number of halogens is 1. The lowest BCUT2D eigenvalue weighted by Crippen LogP contribution is -2.34. The summed E-state index contributed by atoms with van der Waals surface area (Å²) in [4.78, 5) is 26.1. The summed E-state index contributed by atoms with van der Waals surface area (Å²) in [6.45, 7) is 4.42. The molecule has 1 atom stereocenters. The highest BCUT2D eigenvalue weighted by Gasteiger charge is 2.40. The molecule has 3 aliphatic rings. The van der Waals surface area contributed by atoms with Gasteiger partial charge in [-0.1, -0.05) is 31.4 Å². The number of Topliss-reactive ketones (excluding diaryl/α,β-unsaturated/α-hetero) is 1. The predicted molar refractivity (Wildman–Crippen MR) is 113 cm³/mol. The van der Waals surface area contributed by atoms with Crippen molar-refractivity contribution < 1.29 is 23.8 Å². The molecule has 1 aromatic carbocycles. The summed E-state index contributed by atoms with van der Waals surface area (Å²) in [7, 11) is 0. The number of unbranched alkanes of at least 4 members (excludes halogenated alkanes) is 2. The fourth-order valence-corrected chi connectivity index (χ4v) is 4.58. The van der Waals surface area contributed by atoms with Gasteiger partial charge in [0.2, 0.25) is 6.79 Å². The number of hydrogen-bond acceptors (Lipinski definition) is 6. The van der Waals surface area contributed by atoms with Crippen LogP contribution in [0.2, 0.25) is 5.02 Å². The first-order chi connectivity index (χ1) is 14.5. The molecule has 0 saturated carbocycles. The number of benzene rings is 1. The number of carbonyl (C=O) groups is 2. The van der Waals surface area contributed by atoms with Gasteiger partial charge in [0, 0.05) is 40.4 Å². The van der Waals surface area contributed by atoms with Gasteiger partial charge < -0.3 is 19.5 Å². The summed E-state index contributed by atoms with van der Waals surface area (Å²) in [5.41, 5.74) is 3.26. The maximum atomic E-state index is 13.1. The maximum absolute atomic E-state index is 13.1. The number of carbonyl (C=O) groups excluding carboxylic acids is 2. The number of ketones is 1. The molecule has 0 bridgehead atoms. The molecule has 4 rings (SSSR count). The Balaban J connectivity index is 1.77. The van der Waals surface area contributed by atoms with E-state index in [2.05, 4.69) is 12.2 Å². The Bertz CT molecular complexity index is 949. The minimum atomic E-state index is -0.588. The monoisotopic (exact) mass is 431 g/mol. The van der Waals surface area contributed by atoms with E-state index < -0.39 is 11.9 Å². The van der Waals surface area contributed by atoms with Crippen molar-refractivity contribution in [1.82, 2.24) is 5.32 Å². The Morgan fingerprint density at radius 1 is 1.23 bits per heavy atom. The average molecular weight is 432 g/mol. The van der Waals surface area contributed by atoms with Crippen LogP contribution in [-0.2, 0) is 14.3 Å². The van der Waals surface area contributed by atoms with Crippen molar-refractivity contribution in [3.63, 3.8) is 0 Å². The average Bonchev–Trinajstić information content (AvgIpc) is 3.17. The fourth-order valence-electron chi connectivity index (χ4n) is 4.31. The van der Waals surface area contributed by atoms with Crippen LogP contribution in [0.25, 0.3) is 0 Å². The van der Waals surface area contributed by atoms with Gasteiger partial charge in [0.1, 0.15) is 0 Å². The second kappa shape index (κ2) is 8.72. The lowest BCUT2D eigenvalue weighted by molar-refractivity contribution is -0.139. The Hall–Kier alpha value is -2.47. The summed E-state index contributed by atoms with van der Waals surface area (Å²) < 4.78 is 16.5. The molecule has 2 aliphatic heterocycles. The Morgan fingerprint density at radius 2 is 2.00 bits per heavy atom. The lowest BCUT2D eigenvalue weighted by atomic mass is 9.75. The molecule has 1 unspecified atom stereocenters. The van der Waals surface area contributed by atoms with E-state index in [4.69, 9.17) is 25.8 Å². The Kier molecular flexibility index (Phi) is 6.04. The maximum Gasteiger partial charge on any atom is 0.336 e. The number of ether oxygens (including phenoxy) is 3. The summed E-state index contributed by atoms with van der Waals surface area (Å²) in [6, 6.07) is 3.47. The van der Waals surface area contributed by atoms with Gasteiger partial charge in [0.25, 0.3) is 0 Å². The molecule has 6 nitrogen and oxygen atoms in total. The molecule has 160 valence electrons. The van der Waals surface area contributed by atoms with Gasteiger partial charge in [-0.05, 0) is 37.8 Å². The molecule has 2 heterocycles. The second-order valence-electron chi connectivity index (χ2n) is 7.84. The molecule has 1 aromatic rings. The highest BCUT2D eigenvalue weighted by atomic mass is 35.5. The van der Waals surface area contributed by atoms with Gasteiger partial charge >= 0.3 is 5.97 Å². The number of nitrogens with one attached hydrogen (secondary N) is 1. The smallest absolute Gasteiger partial charge is 0.336 e. The number of allylic oxidation sites excluding steroid dienone is 3. The molecule has 0 amide bonds. The lowest BCUT2D eigenvalue weighted by Gasteiger charge is -2.34. The fraction of sp³-hybridized carbons (Fsp3) is 0.478. The van der Waals surface area contributed by atoms with Crippen LogP contribution in [0.4, 0.5) is 0 Å². The van der Waals surface area contributed by atoms with E-state index in [1.165, 1.54) is 0 Å². The molecule has 0 spiro atoms. The van der Waals surface area contributed by atoms with Crippen LogP contribution >= 0.6 is 11.6 Å². The quantitative estimate of drug-likeness (QED) is 0.516. The van der Waals surface area contributed by atoms with Crippen LogP contribution in [0.1, 0.15) is 63.9 Å². The van der Waals surface area contributed by atoms with E-state index in [-0.39, 0.29) is 12.6 Å². The van der Waals surface area contributed by atoms with Crippen molar-refractivity contribution in [3.8, 4) is 11.5 Å². The van der Waals surface area contributed by atoms with E-state index >= 15 is 0 Å². The first-order valence-corrected chi connectivity index (χ1v) is 10.9. The SMILES string of the molecule is CCCCCOC(=O)C1=C(C)NC2=C(C(=O)CCC2)C1c1cc2c(cc1Cl)OCO2. The van der Waals surface area contributed by atoms with E-state index in [1.54, 1.807) is 12.1 Å². The normalized spacial score (nSPS) is 20.2. The summed E-state index contributed by atoms with van der Waals surface area (Å²) in [5, 5.41) is 3.72. The first-order valence-electron chi connectivity index (χ1n) is 10.5. The molecule has 0 radical (unpaired) electrons. The van der Waals surface area contributed by atoms with Crippen LogP contribution in [0.5, 0.6) is 11.5 Å². The van der Waals surface area contributed by atoms with E-state index in [1.807, 2.05) is 6.92 Å². The molecule has 7 heteroatoms. The van der Waals surface area contributed by atoms with Crippen molar-refractivity contribution in [2.75, 3.05) is 13.4 Å². The Morgan fingerprint density at radius 3 is 2.77 bits per heavy atom. The second-order valence-corrected chi connectivity index (χ2v) is 8.24. The van der Waals surface area contributed by atoms with Crippen LogP contribution in [-0.4, -0.2) is 25.2 Å². The first kappa shape index (κ1) is 20.8. The van der Waals surface area contributed by atoms with E-state index in [0.29, 0.717) is 52.0 Å². The predicted octanol–water partition coefficient (Wildman–Crippen LogP) is 4.77. The molecule has 0 saturated heterocycles. The Labute approximate surface area is 181 Å². The van der Waals surface area contributed by atoms with Crippen molar-refractivity contribution >= 4 is 23.4 Å².